The zero-order valence-corrected chi connectivity index (χ0v) is 63.4. The number of hydrogen-bond acceptors (Lipinski definition) is 15. The third-order valence-electron chi connectivity index (χ3n) is 18.4. The first kappa shape index (κ1) is 83.1. The lowest BCUT2D eigenvalue weighted by Crippen LogP contribution is -2.63. The van der Waals surface area contributed by atoms with E-state index in [2.05, 4.69) is 26.3 Å². The lowest BCUT2D eigenvalue weighted by molar-refractivity contribution is -0.157. The first-order valence-corrected chi connectivity index (χ1v) is 35.6. The predicted octanol–water partition coefficient (Wildman–Crippen LogP) is 5.82. The van der Waals surface area contributed by atoms with Crippen LogP contribution in [-0.4, -0.2) is 232 Å². The minimum absolute atomic E-state index is 0.0456. The van der Waals surface area contributed by atoms with Gasteiger partial charge >= 0.3 is 0 Å². The number of ether oxygens (including phenoxy) is 2. The Kier molecular flexibility index (Phi) is 32.0. The molecule has 2 aromatic rings. The molecule has 548 valence electrons. The Morgan fingerprint density at radius 1 is 0.531 bits per heavy atom. The second-order valence-electron chi connectivity index (χ2n) is 29.3. The van der Waals surface area contributed by atoms with Crippen molar-refractivity contribution < 1.29 is 62.2 Å². The Morgan fingerprint density at radius 2 is 1.03 bits per heavy atom. The smallest absolute Gasteiger partial charge is 0.246 e. The average molecular weight is 1390 g/mol. The Hall–Kier alpha value is -7.35. The Labute approximate surface area is 587 Å². The Bertz CT molecular complexity index is 3060. The summed E-state index contributed by atoms with van der Waals surface area (Å²) in [5.74, 6) is -8.55. The van der Waals surface area contributed by atoms with E-state index in [4.69, 9.17) is 9.47 Å². The van der Waals surface area contributed by atoms with Gasteiger partial charge in [0.05, 0.1) is 12.6 Å². The van der Waals surface area contributed by atoms with E-state index in [9.17, 15) is 33.6 Å². The maximum Gasteiger partial charge on any atom is 0.246 e. The number of nitrogens with zero attached hydrogens (tertiary/aromatic N) is 8. The molecule has 2 saturated heterocycles. The number of carbonyl (C=O) groups excluding carboxylic acids is 11. The molecule has 0 unspecified atom stereocenters. The number of aromatic nitrogens is 1. The molecule has 2 aliphatic heterocycles. The van der Waals surface area contributed by atoms with Crippen LogP contribution in [0.25, 0.3) is 0 Å². The van der Waals surface area contributed by atoms with Gasteiger partial charge in [0.1, 0.15) is 78.2 Å². The number of benzene rings is 1. The van der Waals surface area contributed by atoms with Gasteiger partial charge in [-0.1, -0.05) is 115 Å². The quantitative estimate of drug-likeness (QED) is 0.145. The normalized spacial score (nSPS) is 27.1. The predicted molar refractivity (Wildman–Crippen MR) is 377 cm³/mol. The summed E-state index contributed by atoms with van der Waals surface area (Å²) in [6.45, 7) is 28.3. The molecule has 2 aliphatic rings. The molecule has 26 heteroatoms. The van der Waals surface area contributed by atoms with Gasteiger partial charge in [0.25, 0.3) is 0 Å². The van der Waals surface area contributed by atoms with Crippen molar-refractivity contribution in [2.45, 2.75) is 233 Å². The van der Waals surface area contributed by atoms with Gasteiger partial charge in [-0.05, 0) is 130 Å². The molecule has 98 heavy (non-hydrogen) atoms. The monoisotopic (exact) mass is 1390 g/mol. The molecule has 2 fully saturated rings. The molecular formula is C72H116N12O13S. The molecule has 1 aromatic carbocycles. The van der Waals surface area contributed by atoms with Crippen molar-refractivity contribution in [2.24, 2.45) is 41.4 Å². The molecular weight excluding hydrogens is 1270 g/mol. The van der Waals surface area contributed by atoms with Crippen LogP contribution < -0.4 is 26.0 Å². The van der Waals surface area contributed by atoms with Gasteiger partial charge in [0.15, 0.2) is 0 Å². The van der Waals surface area contributed by atoms with E-state index in [0.717, 1.165) is 15.4 Å². The molecule has 1 aromatic heterocycles. The number of likely N-dealkylation sites (N-methyl/N-ethyl adjacent to an activating group) is 7. The lowest BCUT2D eigenvalue weighted by Gasteiger charge is -2.41. The van der Waals surface area contributed by atoms with Crippen molar-refractivity contribution >= 4 is 76.7 Å². The fourth-order valence-corrected chi connectivity index (χ4v) is 13.8. The molecule has 0 aliphatic carbocycles. The summed E-state index contributed by atoms with van der Waals surface area (Å²) in [6.07, 6.45) is 3.52. The number of carbonyl (C=O) groups is 11. The van der Waals surface area contributed by atoms with E-state index in [-0.39, 0.29) is 61.7 Å². The first-order valence-electron chi connectivity index (χ1n) is 34.7. The highest BCUT2D eigenvalue weighted by atomic mass is 32.2. The average Bonchev–Trinajstić information content (AvgIpc) is 1.39. The van der Waals surface area contributed by atoms with E-state index in [1.165, 1.54) is 104 Å². The van der Waals surface area contributed by atoms with Gasteiger partial charge < -0.3 is 65.0 Å². The highest BCUT2D eigenvalue weighted by Gasteiger charge is 2.49. The van der Waals surface area contributed by atoms with Crippen LogP contribution in [-0.2, 0) is 64.1 Å². The van der Waals surface area contributed by atoms with Crippen LogP contribution in [0.1, 0.15) is 155 Å². The molecule has 4 N–H and O–H groups in total. The zero-order valence-electron chi connectivity index (χ0n) is 62.5. The van der Waals surface area contributed by atoms with Crippen molar-refractivity contribution in [1.82, 2.24) is 60.6 Å². The van der Waals surface area contributed by atoms with Crippen LogP contribution in [0.5, 0.6) is 5.75 Å². The first-order chi connectivity index (χ1) is 45.7. The maximum atomic E-state index is 15.7. The van der Waals surface area contributed by atoms with Crippen LogP contribution in [0.4, 0.5) is 0 Å². The maximum absolute atomic E-state index is 15.7. The van der Waals surface area contributed by atoms with Gasteiger partial charge in [-0.2, -0.15) is 0 Å². The van der Waals surface area contributed by atoms with Crippen molar-refractivity contribution in [3.63, 3.8) is 0 Å². The molecule has 4 rings (SSSR count). The van der Waals surface area contributed by atoms with E-state index >= 15 is 19.2 Å². The van der Waals surface area contributed by atoms with Crippen LogP contribution in [0, 0.1) is 41.4 Å². The summed E-state index contributed by atoms with van der Waals surface area (Å²) in [5.41, 5.74) is 0.404. The van der Waals surface area contributed by atoms with E-state index in [1.807, 2.05) is 98.7 Å². The van der Waals surface area contributed by atoms with Crippen LogP contribution in [0.3, 0.4) is 0 Å². The Balaban J connectivity index is 1.89. The van der Waals surface area contributed by atoms with Crippen molar-refractivity contribution in [3.05, 3.63) is 54.4 Å². The fraction of sp³-hybridized carbons (Fsp3) is 0.694. The Morgan fingerprint density at radius 3 is 1.56 bits per heavy atom. The summed E-state index contributed by atoms with van der Waals surface area (Å²) >= 11 is 1.42. The molecule has 25 nitrogen and oxygen atoms in total. The van der Waals surface area contributed by atoms with Gasteiger partial charge in [0, 0.05) is 66.6 Å². The highest BCUT2D eigenvalue weighted by Crippen LogP contribution is 2.40. The van der Waals surface area contributed by atoms with Gasteiger partial charge in [-0.3, -0.25) is 57.7 Å². The lowest BCUT2D eigenvalue weighted by atomic mass is 9.93. The molecule has 13 atom stereocenters. The molecule has 0 spiro atoms. The van der Waals surface area contributed by atoms with Crippen molar-refractivity contribution in [2.75, 3.05) is 55.9 Å². The van der Waals surface area contributed by atoms with Crippen molar-refractivity contribution in [3.8, 4) is 5.75 Å². The van der Waals surface area contributed by atoms with Crippen molar-refractivity contribution in [1.29, 1.82) is 0 Å². The third-order valence-corrected chi connectivity index (χ3v) is 19.5. The van der Waals surface area contributed by atoms with Gasteiger partial charge in [-0.15, -0.1) is 0 Å². The number of nitrogens with one attached hydrogen (secondary N) is 4. The summed E-state index contributed by atoms with van der Waals surface area (Å²) in [6, 6.07) is -0.862. The van der Waals surface area contributed by atoms with E-state index in [1.54, 1.807) is 47.0 Å². The molecule has 0 saturated carbocycles. The fourth-order valence-electron chi connectivity index (χ4n) is 12.6. The van der Waals surface area contributed by atoms with Crippen LogP contribution >= 0.6 is 11.8 Å². The van der Waals surface area contributed by atoms with Gasteiger partial charge in [-0.25, -0.2) is 0 Å². The second-order valence-corrected chi connectivity index (χ2v) is 30.5. The molecule has 11 amide bonds. The number of amides is 11. The zero-order chi connectivity index (χ0) is 74.1. The minimum atomic E-state index is -1.41. The van der Waals surface area contributed by atoms with E-state index in [0.29, 0.717) is 18.8 Å². The summed E-state index contributed by atoms with van der Waals surface area (Å²) in [4.78, 5) is 177. The van der Waals surface area contributed by atoms with E-state index < -0.39 is 155 Å². The number of pyridine rings is 1. The molecule has 3 heterocycles. The molecule has 0 bridgehead atoms. The minimum Gasteiger partial charge on any atom is -0.489 e. The molecule has 0 radical (unpaired) electrons. The standard InChI is InChI=1S/C72H116N12O13S/c1-24-52-68(91)78(17)38-57(85)79(18)53(32-40(2)3)65(88)77-59(44(10)11)71(94)80(19)54(33-41(4)5)64(87)74-47(15)63(86)75-48(16)67(90)81(20)55(34-42(6)7)69(92)82(21)56(35-43(8)9)70(93)83(22)60(45(12)13)72(95)84(23)61(66(89)76-52)62-46(14)36-58(97-62)98-51-27-25-26-50(37-51)96-39-49-28-30-73-31-29-49/h25-31,37,40-48,52-56,58-62H,24,32-36,38-39H2,1-23H3,(H,74,87)(H,75,86)(H,76,89)(H,77,88)/t46-,47+,48-,52+,53+,54+,55+,56+,58+,59+,60+,61+,62-/m1/s1. The topological polar surface area (TPSA) is 290 Å². The third kappa shape index (κ3) is 22.6. The highest BCUT2D eigenvalue weighted by molar-refractivity contribution is 7.99. The summed E-state index contributed by atoms with van der Waals surface area (Å²) in [7, 11) is 10.2. The number of thioether (sulfide) groups is 1. The van der Waals surface area contributed by atoms with Crippen LogP contribution in [0.2, 0.25) is 0 Å². The SMILES string of the molecule is CC[C@@H]1NC(=O)[C@H]([C@@H]2O[C@@H](Sc3cccc(OCc4ccncc4)c3)C[C@H]2C)N(C)C(=O)[C@H](C(C)C)N(C)C(=O)[C@H](CC(C)C)N(C)C(=O)[C@H](CC(C)C)N(C)C(=O)[C@@H](C)NC(=O)[C@H](C)NC(=O)[C@H](CC(C)C)N(C)C(=O)[C@H](C(C)C)NC(=O)[C@H](CC(C)C)N(C)C(=O)CN(C)C1=O. The van der Waals surface area contributed by atoms with Gasteiger partial charge in [0.2, 0.25) is 65.0 Å². The van der Waals surface area contributed by atoms with Crippen LogP contribution in [0.15, 0.2) is 53.7 Å². The second kappa shape index (κ2) is 37.7. The summed E-state index contributed by atoms with van der Waals surface area (Å²) in [5, 5.41) is 11.2. The number of rotatable bonds is 17. The summed E-state index contributed by atoms with van der Waals surface area (Å²) < 4.78 is 13.0. The largest absolute Gasteiger partial charge is 0.489 e. The number of hydrogen-bond donors (Lipinski definition) is 4.